The van der Waals surface area contributed by atoms with Crippen LogP contribution >= 0.6 is 34.7 Å². The maximum atomic E-state index is 11.6. The van der Waals surface area contributed by atoms with Crippen molar-refractivity contribution in [2.45, 2.75) is 40.7 Å². The second-order valence-corrected chi connectivity index (χ2v) is 6.81. The van der Waals surface area contributed by atoms with Crippen molar-refractivity contribution in [2.24, 2.45) is 4.99 Å². The quantitative estimate of drug-likeness (QED) is 0.390. The summed E-state index contributed by atoms with van der Waals surface area (Å²) in [5.74, 6) is 0. The summed E-state index contributed by atoms with van der Waals surface area (Å²) in [6.45, 7) is 12.1. The van der Waals surface area contributed by atoms with Crippen LogP contribution in [0.25, 0.3) is 0 Å². The van der Waals surface area contributed by atoms with Gasteiger partial charge in [-0.15, -0.1) is 0 Å². The van der Waals surface area contributed by atoms with E-state index in [1.165, 1.54) is 11.5 Å². The minimum Gasteiger partial charge on any atom is -0.267 e. The Morgan fingerprint density at radius 3 is 2.35 bits per heavy atom. The Bertz CT molecular complexity index is 762. The van der Waals surface area contributed by atoms with Crippen LogP contribution in [0.5, 0.6) is 0 Å². The Kier molecular flexibility index (Phi) is 13.6. The first-order valence-corrected chi connectivity index (χ1v) is 9.92. The molecular formula is C20H26Cl2N2OS. The third kappa shape index (κ3) is 9.18. The zero-order valence-electron chi connectivity index (χ0n) is 15.7. The Morgan fingerprint density at radius 1 is 1.27 bits per heavy atom. The molecular weight excluding hydrogens is 387 g/mol. The maximum absolute atomic E-state index is 11.6. The van der Waals surface area contributed by atoms with Crippen LogP contribution in [0.3, 0.4) is 0 Å². The van der Waals surface area contributed by atoms with Crippen molar-refractivity contribution in [1.82, 2.24) is 3.96 Å². The summed E-state index contributed by atoms with van der Waals surface area (Å²) in [7, 11) is 0. The molecule has 2 rings (SSSR count). The van der Waals surface area contributed by atoms with Gasteiger partial charge < -0.3 is 0 Å². The van der Waals surface area contributed by atoms with E-state index >= 15 is 0 Å². The number of hydrogen-bond donors (Lipinski definition) is 0. The molecule has 0 saturated carbocycles. The largest absolute Gasteiger partial charge is 0.281 e. The fraction of sp³-hybridized carbons (Fsp3) is 0.300. The van der Waals surface area contributed by atoms with E-state index in [4.69, 9.17) is 23.2 Å². The molecule has 2 aromatic rings. The average molecular weight is 413 g/mol. The zero-order chi connectivity index (χ0) is 19.9. The average Bonchev–Trinajstić information content (AvgIpc) is 2.91. The predicted octanol–water partition coefficient (Wildman–Crippen LogP) is 6.85. The normalized spacial score (nSPS) is 10.6. The second kappa shape index (κ2) is 14.5. The van der Waals surface area contributed by atoms with Gasteiger partial charge in [-0.2, -0.15) is 0 Å². The summed E-state index contributed by atoms with van der Waals surface area (Å²) >= 11 is 12.6. The third-order valence-electron chi connectivity index (χ3n) is 2.97. The van der Waals surface area contributed by atoms with E-state index in [-0.39, 0.29) is 10.6 Å². The lowest BCUT2D eigenvalue weighted by molar-refractivity contribution is 0.849. The zero-order valence-corrected chi connectivity index (χ0v) is 18.0. The molecule has 0 N–H and O–H groups in total. The molecule has 0 aliphatic carbocycles. The summed E-state index contributed by atoms with van der Waals surface area (Å²) < 4.78 is 1.89. The monoisotopic (exact) mass is 412 g/mol. The Balaban J connectivity index is 0.000000492. The number of halogens is 2. The van der Waals surface area contributed by atoms with Crippen LogP contribution in [0.2, 0.25) is 9.36 Å². The van der Waals surface area contributed by atoms with Crippen molar-refractivity contribution in [2.75, 3.05) is 0 Å². The van der Waals surface area contributed by atoms with Crippen molar-refractivity contribution in [1.29, 1.82) is 0 Å². The number of rotatable bonds is 5. The van der Waals surface area contributed by atoms with Crippen LogP contribution in [-0.4, -0.2) is 9.67 Å². The Labute approximate surface area is 170 Å². The highest BCUT2D eigenvalue weighted by atomic mass is 35.5. The first-order valence-electron chi connectivity index (χ1n) is 8.39. The molecule has 0 radical (unpaired) electrons. The molecule has 0 amide bonds. The van der Waals surface area contributed by atoms with E-state index in [1.807, 2.05) is 57.2 Å². The van der Waals surface area contributed by atoms with Gasteiger partial charge in [-0.3, -0.25) is 13.7 Å². The molecule has 0 aliphatic heterocycles. The number of benzene rings is 1. The smallest absolute Gasteiger partial charge is 0.267 e. The lowest BCUT2D eigenvalue weighted by Gasteiger charge is -1.99. The van der Waals surface area contributed by atoms with Crippen LogP contribution in [0.15, 0.2) is 65.0 Å². The number of hydrogen-bond acceptors (Lipinski definition) is 3. The van der Waals surface area contributed by atoms with E-state index in [1.54, 1.807) is 16.2 Å². The fourth-order valence-electron chi connectivity index (χ4n) is 1.55. The van der Waals surface area contributed by atoms with Crippen LogP contribution in [0.1, 0.15) is 39.7 Å². The molecule has 0 aliphatic rings. The Hall–Kier alpha value is -1.62. The fourth-order valence-corrected chi connectivity index (χ4v) is 2.88. The molecule has 1 aromatic carbocycles. The van der Waals surface area contributed by atoms with E-state index in [2.05, 4.69) is 18.5 Å². The van der Waals surface area contributed by atoms with E-state index in [9.17, 15) is 4.79 Å². The highest BCUT2D eigenvalue weighted by molar-refractivity contribution is 7.11. The van der Waals surface area contributed by atoms with Gasteiger partial charge in [0.15, 0.2) is 0 Å². The number of aromatic nitrogens is 1. The molecule has 3 nitrogen and oxygen atoms in total. The van der Waals surface area contributed by atoms with E-state index < -0.39 is 0 Å². The van der Waals surface area contributed by atoms with Crippen LogP contribution in [-0.2, 0) is 6.54 Å². The van der Waals surface area contributed by atoms with Gasteiger partial charge in [0, 0.05) is 11.9 Å². The summed E-state index contributed by atoms with van der Waals surface area (Å²) in [5, 5.41) is 0.109. The third-order valence-corrected chi connectivity index (χ3v) is 4.81. The molecule has 0 spiro atoms. The van der Waals surface area contributed by atoms with Gasteiger partial charge in [-0.25, -0.2) is 0 Å². The standard InChI is InChI=1S/C10H7Cl2NOS.C8H13N.C2H6/c11-8-9(12)15-13(10(8)14)6-7-4-2-1-3-5-7;1-4-6-7-9-8(3)5-2;1-2/h1-5H,6H2;4,6-7H,1,5H2,2-3H3;1-2H3/b;7-6-,9-8?;. The van der Waals surface area contributed by atoms with E-state index in [0.29, 0.717) is 10.9 Å². The van der Waals surface area contributed by atoms with Crippen molar-refractivity contribution < 1.29 is 0 Å². The van der Waals surface area contributed by atoms with Crippen LogP contribution < -0.4 is 5.56 Å². The van der Waals surface area contributed by atoms with Gasteiger partial charge in [-0.05, 0) is 36.5 Å². The molecule has 6 heteroatoms. The van der Waals surface area contributed by atoms with Gasteiger partial charge in [0.1, 0.15) is 9.36 Å². The summed E-state index contributed by atoms with van der Waals surface area (Å²) in [5.41, 5.74) is 1.97. The summed E-state index contributed by atoms with van der Waals surface area (Å²) in [6.07, 6.45) is 6.30. The topological polar surface area (TPSA) is 34.4 Å². The van der Waals surface area contributed by atoms with E-state index in [0.717, 1.165) is 17.7 Å². The SMILES string of the molecule is C=C/C=C\N=C(C)CC.CC.O=c1c(Cl)c(Cl)sn1Cc1ccccc1. The van der Waals surface area contributed by atoms with Crippen molar-refractivity contribution in [3.63, 3.8) is 0 Å². The van der Waals surface area contributed by atoms with Gasteiger partial charge in [0.2, 0.25) is 0 Å². The molecule has 0 atom stereocenters. The molecule has 0 fully saturated rings. The number of nitrogens with zero attached hydrogens (tertiary/aromatic N) is 2. The molecule has 1 aromatic heterocycles. The lowest BCUT2D eigenvalue weighted by atomic mass is 10.2. The second-order valence-electron chi connectivity index (χ2n) is 4.80. The molecule has 26 heavy (non-hydrogen) atoms. The highest BCUT2D eigenvalue weighted by Gasteiger charge is 2.10. The molecule has 0 saturated heterocycles. The maximum Gasteiger partial charge on any atom is 0.281 e. The first-order chi connectivity index (χ1) is 12.5. The van der Waals surface area contributed by atoms with Crippen LogP contribution in [0, 0.1) is 0 Å². The summed E-state index contributed by atoms with van der Waals surface area (Å²) in [6, 6.07) is 9.69. The molecule has 0 unspecified atom stereocenters. The highest BCUT2D eigenvalue weighted by Crippen LogP contribution is 2.23. The number of aliphatic imine (C=N–C) groups is 1. The van der Waals surface area contributed by atoms with Gasteiger partial charge in [-0.1, -0.05) is 87.0 Å². The molecule has 1 heterocycles. The summed E-state index contributed by atoms with van der Waals surface area (Å²) in [4.78, 5) is 15.6. The molecule has 0 bridgehead atoms. The molecule has 142 valence electrons. The van der Waals surface area contributed by atoms with Crippen molar-refractivity contribution in [3.8, 4) is 0 Å². The van der Waals surface area contributed by atoms with Gasteiger partial charge in [0.25, 0.3) is 5.56 Å². The van der Waals surface area contributed by atoms with Crippen LogP contribution in [0.4, 0.5) is 0 Å². The minimum absolute atomic E-state index is 0.109. The number of allylic oxidation sites excluding steroid dienone is 2. The minimum atomic E-state index is -0.226. The first kappa shape index (κ1) is 24.4. The van der Waals surface area contributed by atoms with Crippen molar-refractivity contribution in [3.05, 3.63) is 80.5 Å². The van der Waals surface area contributed by atoms with Gasteiger partial charge >= 0.3 is 0 Å². The lowest BCUT2D eigenvalue weighted by Crippen LogP contribution is -2.13. The Morgan fingerprint density at radius 2 is 1.88 bits per heavy atom. The van der Waals surface area contributed by atoms with Gasteiger partial charge in [0.05, 0.1) is 6.54 Å². The predicted molar refractivity (Wildman–Crippen MR) is 118 cm³/mol. The van der Waals surface area contributed by atoms with Crippen molar-refractivity contribution >= 4 is 40.4 Å².